The van der Waals surface area contributed by atoms with E-state index in [1.54, 1.807) is 11.1 Å². The van der Waals surface area contributed by atoms with Crippen molar-refractivity contribution in [1.29, 1.82) is 0 Å². The number of rotatable bonds is 9. The standard InChI is InChI=1S/C32H41F2N7O3S/c1-20(2)40-29-26(18-35-30(37-29)36-23-11-13-24(14-12-23)39(5)6)32(3,4)41(31(40)42)25-15-16-28(27(34)17-25)38-45(43,44)19-21-7-9-22(33)10-8-21/h7-10,15-18,20,23-24,38H,11-14,19H2,1-6H3,(H,35,36,37). The van der Waals surface area contributed by atoms with E-state index in [2.05, 4.69) is 34.0 Å². The van der Waals surface area contributed by atoms with E-state index in [1.807, 2.05) is 27.7 Å². The van der Waals surface area contributed by atoms with Crippen LogP contribution in [-0.4, -0.2) is 61.5 Å². The summed E-state index contributed by atoms with van der Waals surface area (Å²) in [5.41, 5.74) is 0.0763. The van der Waals surface area contributed by atoms with Gasteiger partial charge in [-0.25, -0.2) is 27.0 Å². The van der Waals surface area contributed by atoms with Crippen LogP contribution in [0.1, 0.15) is 64.5 Å². The number of aromatic nitrogens is 2. The normalized spacial score (nSPS) is 20.0. The lowest BCUT2D eigenvalue weighted by Crippen LogP contribution is -2.59. The summed E-state index contributed by atoms with van der Waals surface area (Å²) in [7, 11) is 0.212. The maximum atomic E-state index is 15.4. The maximum absolute atomic E-state index is 15.4. The molecule has 0 radical (unpaired) electrons. The number of nitrogens with one attached hydrogen (secondary N) is 2. The van der Waals surface area contributed by atoms with Gasteiger partial charge in [0.25, 0.3) is 0 Å². The van der Waals surface area contributed by atoms with Gasteiger partial charge in [0.1, 0.15) is 17.5 Å². The molecule has 5 rings (SSSR count). The fourth-order valence-electron chi connectivity index (χ4n) is 6.16. The second-order valence-corrected chi connectivity index (χ2v) is 14.6. The molecular weight excluding hydrogens is 600 g/mol. The maximum Gasteiger partial charge on any atom is 0.331 e. The molecule has 0 atom stereocenters. The molecule has 0 saturated heterocycles. The van der Waals surface area contributed by atoms with Gasteiger partial charge in [0.15, 0.2) is 0 Å². The van der Waals surface area contributed by atoms with Gasteiger partial charge in [-0.2, -0.15) is 4.98 Å². The molecule has 0 spiro atoms. The van der Waals surface area contributed by atoms with E-state index in [0.717, 1.165) is 43.9 Å². The first-order valence-corrected chi connectivity index (χ1v) is 16.8. The second-order valence-electron chi connectivity index (χ2n) is 12.8. The molecule has 1 aliphatic heterocycles. The predicted molar refractivity (Wildman–Crippen MR) is 173 cm³/mol. The van der Waals surface area contributed by atoms with Crippen LogP contribution in [0.25, 0.3) is 0 Å². The predicted octanol–water partition coefficient (Wildman–Crippen LogP) is 6.07. The Balaban J connectivity index is 1.39. The number of halogens is 2. The molecule has 2 heterocycles. The van der Waals surface area contributed by atoms with Gasteiger partial charge >= 0.3 is 6.03 Å². The molecule has 10 nitrogen and oxygen atoms in total. The van der Waals surface area contributed by atoms with Gasteiger partial charge in [-0.05, 0) is 103 Å². The van der Waals surface area contributed by atoms with Crippen LogP contribution in [0.3, 0.4) is 0 Å². The lowest BCUT2D eigenvalue weighted by Gasteiger charge is -2.48. The zero-order valence-electron chi connectivity index (χ0n) is 26.5. The topological polar surface area (TPSA) is 111 Å². The van der Waals surface area contributed by atoms with Crippen LogP contribution in [0, 0.1) is 11.6 Å². The summed E-state index contributed by atoms with van der Waals surface area (Å²) in [5, 5.41) is 3.47. The van der Waals surface area contributed by atoms with Crippen molar-refractivity contribution in [3.63, 3.8) is 0 Å². The molecule has 1 aliphatic carbocycles. The van der Waals surface area contributed by atoms with Crippen LogP contribution < -0.4 is 19.8 Å². The summed E-state index contributed by atoms with van der Waals surface area (Å²) < 4.78 is 56.4. The molecule has 242 valence electrons. The Morgan fingerprint density at radius 1 is 1.04 bits per heavy atom. The Morgan fingerprint density at radius 2 is 1.71 bits per heavy atom. The van der Waals surface area contributed by atoms with Crippen molar-refractivity contribution >= 4 is 39.2 Å². The van der Waals surface area contributed by atoms with Crippen LogP contribution in [0.15, 0.2) is 48.7 Å². The average molecular weight is 642 g/mol. The van der Waals surface area contributed by atoms with E-state index >= 15 is 4.39 Å². The lowest BCUT2D eigenvalue weighted by molar-refractivity contribution is 0.221. The van der Waals surface area contributed by atoms with Gasteiger partial charge < -0.3 is 10.2 Å². The number of anilines is 4. The summed E-state index contributed by atoms with van der Waals surface area (Å²) in [6.07, 6.45) is 5.89. The average Bonchev–Trinajstić information content (AvgIpc) is 2.95. The number of fused-ring (bicyclic) bond motifs is 1. The SMILES string of the molecule is CC(C)N1C(=O)N(c2ccc(NS(=O)(=O)Cc3ccc(F)cc3)c(F)c2)C(C)(C)c2cnc(NC3CCC(N(C)C)CC3)nc21. The molecule has 2 aliphatic rings. The molecule has 0 bridgehead atoms. The first-order chi connectivity index (χ1) is 21.2. The number of carbonyl (C=O) groups is 1. The molecular formula is C32H41F2N7O3S. The zero-order chi connectivity index (χ0) is 32.7. The number of carbonyl (C=O) groups excluding carboxylic acids is 1. The quantitative estimate of drug-likeness (QED) is 0.292. The summed E-state index contributed by atoms with van der Waals surface area (Å²) in [6, 6.07) is 9.12. The van der Waals surface area contributed by atoms with Crippen molar-refractivity contribution in [2.45, 2.75) is 82.8 Å². The molecule has 3 aromatic rings. The first-order valence-electron chi connectivity index (χ1n) is 15.1. The third-order valence-corrected chi connectivity index (χ3v) is 9.88. The number of nitrogens with zero attached hydrogens (tertiary/aromatic N) is 5. The molecule has 13 heteroatoms. The summed E-state index contributed by atoms with van der Waals surface area (Å²) in [5.74, 6) is -0.823. The summed E-state index contributed by atoms with van der Waals surface area (Å²) in [4.78, 5) is 28.9. The highest BCUT2D eigenvalue weighted by atomic mass is 32.2. The van der Waals surface area contributed by atoms with Crippen LogP contribution in [-0.2, 0) is 21.3 Å². The third-order valence-electron chi connectivity index (χ3n) is 8.64. The number of benzene rings is 2. The molecule has 45 heavy (non-hydrogen) atoms. The zero-order valence-corrected chi connectivity index (χ0v) is 27.3. The van der Waals surface area contributed by atoms with E-state index in [0.29, 0.717) is 28.9 Å². The highest BCUT2D eigenvalue weighted by Crippen LogP contribution is 2.44. The minimum Gasteiger partial charge on any atom is -0.351 e. The smallest absolute Gasteiger partial charge is 0.331 e. The van der Waals surface area contributed by atoms with E-state index < -0.39 is 32.9 Å². The van der Waals surface area contributed by atoms with E-state index in [4.69, 9.17) is 4.98 Å². The fraction of sp³-hybridized carbons (Fsp3) is 0.469. The number of hydrogen-bond acceptors (Lipinski definition) is 7. The van der Waals surface area contributed by atoms with Gasteiger partial charge in [-0.15, -0.1) is 0 Å². The molecule has 1 saturated carbocycles. The Morgan fingerprint density at radius 3 is 2.31 bits per heavy atom. The van der Waals surface area contributed by atoms with Crippen LogP contribution in [0.2, 0.25) is 0 Å². The third kappa shape index (κ3) is 6.89. The van der Waals surface area contributed by atoms with Crippen LogP contribution >= 0.6 is 0 Å². The lowest BCUT2D eigenvalue weighted by atomic mass is 9.90. The number of hydrogen-bond donors (Lipinski definition) is 2. The Labute approximate surface area is 263 Å². The fourth-order valence-corrected chi connectivity index (χ4v) is 7.37. The summed E-state index contributed by atoms with van der Waals surface area (Å²) >= 11 is 0. The number of sulfonamides is 1. The molecule has 1 aromatic heterocycles. The largest absolute Gasteiger partial charge is 0.351 e. The van der Waals surface area contributed by atoms with Gasteiger partial charge in [-0.1, -0.05) is 12.1 Å². The number of amides is 2. The molecule has 2 N–H and O–H groups in total. The minimum atomic E-state index is -4.00. The Kier molecular flexibility index (Phi) is 9.05. The minimum absolute atomic E-state index is 0.241. The van der Waals surface area contributed by atoms with Crippen molar-refractivity contribution in [3.05, 3.63) is 71.4 Å². The Hall–Kier alpha value is -3.84. The molecule has 0 unspecified atom stereocenters. The molecule has 2 aromatic carbocycles. The van der Waals surface area contributed by atoms with E-state index in [9.17, 15) is 17.6 Å². The highest BCUT2D eigenvalue weighted by Gasteiger charge is 2.46. The van der Waals surface area contributed by atoms with Gasteiger partial charge in [0.05, 0.1) is 17.0 Å². The second kappa shape index (κ2) is 12.5. The highest BCUT2D eigenvalue weighted by molar-refractivity contribution is 7.91. The van der Waals surface area contributed by atoms with E-state index in [1.165, 1.54) is 29.2 Å². The van der Waals surface area contributed by atoms with Crippen molar-refractivity contribution in [3.8, 4) is 0 Å². The first kappa shape index (κ1) is 32.6. The van der Waals surface area contributed by atoms with Crippen molar-refractivity contribution < 1.29 is 22.0 Å². The van der Waals surface area contributed by atoms with Crippen molar-refractivity contribution in [1.82, 2.24) is 14.9 Å². The van der Waals surface area contributed by atoms with Gasteiger partial charge in [0, 0.05) is 35.6 Å². The van der Waals surface area contributed by atoms with Crippen LogP contribution in [0.5, 0.6) is 0 Å². The van der Waals surface area contributed by atoms with Gasteiger partial charge in [0.2, 0.25) is 16.0 Å². The van der Waals surface area contributed by atoms with Crippen molar-refractivity contribution in [2.24, 2.45) is 0 Å². The van der Waals surface area contributed by atoms with Crippen LogP contribution in [0.4, 0.5) is 36.7 Å². The molecule has 2 amide bonds. The summed E-state index contributed by atoms with van der Waals surface area (Å²) in [6.45, 7) is 7.46. The van der Waals surface area contributed by atoms with Crippen molar-refractivity contribution in [2.75, 3.05) is 33.9 Å². The number of urea groups is 1. The molecule has 1 fully saturated rings. The monoisotopic (exact) mass is 641 g/mol. The van der Waals surface area contributed by atoms with E-state index in [-0.39, 0.29) is 29.5 Å². The van der Waals surface area contributed by atoms with Gasteiger partial charge in [-0.3, -0.25) is 14.5 Å². The Bertz CT molecular complexity index is 1660.